The molecule has 0 spiro atoms. The number of thioether (sulfide) groups is 1. The molecule has 0 aromatic heterocycles. The predicted octanol–water partition coefficient (Wildman–Crippen LogP) is -0.860. The normalized spacial score (nSPS) is 24.5. The van der Waals surface area contributed by atoms with E-state index in [0.29, 0.717) is 5.17 Å². The number of aliphatic imine (C=N–C) groups is 1. The highest BCUT2D eigenvalue weighted by Gasteiger charge is 2.24. The van der Waals surface area contributed by atoms with Crippen LogP contribution < -0.4 is 11.1 Å². The zero-order valence-corrected chi connectivity index (χ0v) is 6.73. The summed E-state index contributed by atoms with van der Waals surface area (Å²) >= 11 is 1.28. The van der Waals surface area contributed by atoms with Gasteiger partial charge in [-0.25, -0.2) is 4.99 Å². The second kappa shape index (κ2) is 3.02. The summed E-state index contributed by atoms with van der Waals surface area (Å²) in [4.78, 5) is 14.6. The first-order valence-corrected chi connectivity index (χ1v) is 4.15. The van der Waals surface area contributed by atoms with Gasteiger partial charge in [0.25, 0.3) is 5.91 Å². The number of carbonyl (C=O) groups excluding carboxylic acids is 1. The Bertz CT molecular complexity index is 237. The largest absolute Gasteiger partial charge is 0.314 e. The zero-order chi connectivity index (χ0) is 8.43. The van der Waals surface area contributed by atoms with Crippen LogP contribution in [-0.2, 0) is 4.79 Å². The smallest absolute Gasteiger partial charge is 0.250 e. The Morgan fingerprint density at radius 1 is 1.82 bits per heavy atom. The Labute approximate surface area is 67.9 Å². The summed E-state index contributed by atoms with van der Waals surface area (Å²) < 4.78 is 0. The van der Waals surface area contributed by atoms with Gasteiger partial charge in [0.1, 0.15) is 11.9 Å². The number of rotatable bonds is 0. The molecule has 1 heterocycles. The van der Waals surface area contributed by atoms with Gasteiger partial charge in [0.05, 0.1) is 0 Å². The molecule has 1 aliphatic heterocycles. The fourth-order valence-corrected chi connectivity index (χ4v) is 1.00. The van der Waals surface area contributed by atoms with Crippen LogP contribution in [0.2, 0.25) is 0 Å². The van der Waals surface area contributed by atoms with Crippen LogP contribution in [0, 0.1) is 5.41 Å². The number of hydrogen-bond acceptors (Lipinski definition) is 4. The van der Waals surface area contributed by atoms with Gasteiger partial charge in [-0.1, -0.05) is 11.8 Å². The van der Waals surface area contributed by atoms with Crippen LogP contribution in [0.1, 0.15) is 0 Å². The van der Waals surface area contributed by atoms with Crippen molar-refractivity contribution in [2.24, 2.45) is 10.7 Å². The summed E-state index contributed by atoms with van der Waals surface area (Å²) in [7, 11) is 0. The molecule has 4 N–H and O–H groups in total. The van der Waals surface area contributed by atoms with Crippen molar-refractivity contribution in [2.45, 2.75) is 6.04 Å². The van der Waals surface area contributed by atoms with Gasteiger partial charge >= 0.3 is 0 Å². The highest BCUT2D eigenvalue weighted by Crippen LogP contribution is 2.02. The number of amides is 1. The van der Waals surface area contributed by atoms with E-state index < -0.39 is 6.04 Å². The Morgan fingerprint density at radius 3 is 2.91 bits per heavy atom. The van der Waals surface area contributed by atoms with E-state index in [0.717, 1.165) is 0 Å². The third-order valence-corrected chi connectivity index (χ3v) is 1.80. The van der Waals surface area contributed by atoms with Crippen molar-refractivity contribution in [3.63, 3.8) is 0 Å². The third-order valence-electron chi connectivity index (χ3n) is 1.22. The van der Waals surface area contributed by atoms with Crippen LogP contribution in [0.5, 0.6) is 0 Å². The van der Waals surface area contributed by atoms with Crippen LogP contribution >= 0.6 is 11.8 Å². The molecular weight excluding hydrogens is 164 g/mol. The molecule has 0 bridgehead atoms. The van der Waals surface area contributed by atoms with Gasteiger partial charge in [-0.3, -0.25) is 10.2 Å². The van der Waals surface area contributed by atoms with Gasteiger partial charge in [0.15, 0.2) is 5.17 Å². The van der Waals surface area contributed by atoms with Crippen molar-refractivity contribution in [1.82, 2.24) is 5.32 Å². The minimum absolute atomic E-state index is 0.0851. The first kappa shape index (κ1) is 8.22. The lowest BCUT2D eigenvalue weighted by molar-refractivity contribution is -0.119. The summed E-state index contributed by atoms with van der Waals surface area (Å²) in [5.74, 6) is -0.451. The zero-order valence-electron chi connectivity index (χ0n) is 5.92. The van der Waals surface area contributed by atoms with Gasteiger partial charge < -0.3 is 11.1 Å². The molecule has 0 aromatic carbocycles. The van der Waals surface area contributed by atoms with Crippen molar-refractivity contribution in [1.29, 1.82) is 5.41 Å². The van der Waals surface area contributed by atoms with Crippen molar-refractivity contribution in [2.75, 3.05) is 6.26 Å². The van der Waals surface area contributed by atoms with Crippen molar-refractivity contribution >= 4 is 28.7 Å². The molecule has 0 saturated carbocycles. The van der Waals surface area contributed by atoms with Gasteiger partial charge in [-0.05, 0) is 6.26 Å². The van der Waals surface area contributed by atoms with E-state index in [1.54, 1.807) is 6.26 Å². The van der Waals surface area contributed by atoms with Crippen LogP contribution in [0.3, 0.4) is 0 Å². The third kappa shape index (κ3) is 1.58. The summed E-state index contributed by atoms with van der Waals surface area (Å²) in [6.45, 7) is 0. The summed E-state index contributed by atoms with van der Waals surface area (Å²) in [5, 5.41) is 10.1. The minimum Gasteiger partial charge on any atom is -0.314 e. The fourth-order valence-electron chi connectivity index (χ4n) is 0.611. The molecular formula is C5H8N4OS. The van der Waals surface area contributed by atoms with E-state index in [9.17, 15) is 4.79 Å². The van der Waals surface area contributed by atoms with E-state index in [2.05, 4.69) is 10.3 Å². The maximum absolute atomic E-state index is 10.9. The molecule has 0 aliphatic carbocycles. The fraction of sp³-hybridized carbons (Fsp3) is 0.400. The Hall–Kier alpha value is -0.880. The van der Waals surface area contributed by atoms with Crippen molar-refractivity contribution < 1.29 is 4.79 Å². The number of nitrogens with zero attached hydrogens (tertiary/aromatic N) is 1. The maximum atomic E-state index is 10.9. The van der Waals surface area contributed by atoms with Gasteiger partial charge in [0, 0.05) is 0 Å². The molecule has 1 amide bonds. The Kier molecular flexibility index (Phi) is 2.25. The molecule has 1 aliphatic rings. The quantitative estimate of drug-likeness (QED) is 0.444. The number of carbonyl (C=O) groups is 1. The number of amidine groups is 2. The van der Waals surface area contributed by atoms with E-state index >= 15 is 0 Å². The SMILES string of the molecule is CSC1=NC(=N)C(N)C(=O)N1. The highest BCUT2D eigenvalue weighted by atomic mass is 32.2. The highest BCUT2D eigenvalue weighted by molar-refractivity contribution is 8.13. The molecule has 6 heteroatoms. The molecule has 1 unspecified atom stereocenters. The molecule has 60 valence electrons. The molecule has 11 heavy (non-hydrogen) atoms. The molecule has 1 rings (SSSR count). The monoisotopic (exact) mass is 172 g/mol. The minimum atomic E-state index is -0.911. The maximum Gasteiger partial charge on any atom is 0.250 e. The number of nitrogens with two attached hydrogens (primary N) is 1. The first-order valence-electron chi connectivity index (χ1n) is 2.92. The Morgan fingerprint density at radius 2 is 2.45 bits per heavy atom. The molecule has 1 atom stereocenters. The molecule has 0 saturated heterocycles. The summed E-state index contributed by atoms with van der Waals surface area (Å²) in [6.07, 6.45) is 1.77. The topological polar surface area (TPSA) is 91.3 Å². The molecule has 0 radical (unpaired) electrons. The summed E-state index contributed by atoms with van der Waals surface area (Å²) in [6, 6.07) is -0.911. The molecule has 5 nitrogen and oxygen atoms in total. The number of hydrogen-bond donors (Lipinski definition) is 3. The lowest BCUT2D eigenvalue weighted by Crippen LogP contribution is -2.50. The van der Waals surface area contributed by atoms with E-state index in [1.165, 1.54) is 11.8 Å². The van der Waals surface area contributed by atoms with Crippen LogP contribution in [-0.4, -0.2) is 29.2 Å². The van der Waals surface area contributed by atoms with E-state index in [1.807, 2.05) is 0 Å². The van der Waals surface area contributed by atoms with Crippen LogP contribution in [0.25, 0.3) is 0 Å². The number of nitrogens with one attached hydrogen (secondary N) is 2. The van der Waals surface area contributed by atoms with Gasteiger partial charge in [-0.2, -0.15) is 0 Å². The van der Waals surface area contributed by atoms with Crippen molar-refractivity contribution in [3.05, 3.63) is 0 Å². The standard InChI is InChI=1S/C5H8N4OS/c1-11-5-8-3(7)2(6)4(10)9-5/h2H,6H2,1H3,(H2,7,8,9,10). The Balaban J connectivity index is 2.85. The average Bonchev–Trinajstić information content (AvgIpc) is 1.99. The summed E-state index contributed by atoms with van der Waals surface area (Å²) in [5.41, 5.74) is 5.29. The lowest BCUT2D eigenvalue weighted by Gasteiger charge is -2.16. The van der Waals surface area contributed by atoms with Crippen molar-refractivity contribution in [3.8, 4) is 0 Å². The van der Waals surface area contributed by atoms with Crippen LogP contribution in [0.4, 0.5) is 0 Å². The van der Waals surface area contributed by atoms with E-state index in [4.69, 9.17) is 11.1 Å². The van der Waals surface area contributed by atoms with Gasteiger partial charge in [0.2, 0.25) is 0 Å². The van der Waals surface area contributed by atoms with Crippen LogP contribution in [0.15, 0.2) is 4.99 Å². The molecule has 0 fully saturated rings. The lowest BCUT2D eigenvalue weighted by atomic mass is 10.2. The average molecular weight is 172 g/mol. The van der Waals surface area contributed by atoms with E-state index in [-0.39, 0.29) is 11.7 Å². The second-order valence-electron chi connectivity index (χ2n) is 1.97. The van der Waals surface area contributed by atoms with Gasteiger partial charge in [-0.15, -0.1) is 0 Å². The first-order chi connectivity index (χ1) is 5.15. The second-order valence-corrected chi connectivity index (χ2v) is 2.77. The predicted molar refractivity (Wildman–Crippen MR) is 44.8 cm³/mol. The molecule has 0 aromatic rings.